The van der Waals surface area contributed by atoms with Crippen LogP contribution >= 0.6 is 0 Å². The van der Waals surface area contributed by atoms with E-state index in [-0.39, 0.29) is 6.54 Å². The molecular formula is C19H23F2NO2. The summed E-state index contributed by atoms with van der Waals surface area (Å²) in [7, 11) is 1.65. The van der Waals surface area contributed by atoms with Crippen LogP contribution in [-0.4, -0.2) is 38.2 Å². The van der Waals surface area contributed by atoms with Crippen LogP contribution < -0.4 is 4.74 Å². The van der Waals surface area contributed by atoms with Crippen LogP contribution in [0.2, 0.25) is 0 Å². The Balaban J connectivity index is 2.12. The Kier molecular flexibility index (Phi) is 6.55. The minimum Gasteiger partial charge on any atom is -0.494 e. The molecular weight excluding hydrogens is 312 g/mol. The Morgan fingerprint density at radius 2 is 1.83 bits per heavy atom. The van der Waals surface area contributed by atoms with Crippen molar-refractivity contribution in [2.24, 2.45) is 0 Å². The fourth-order valence-electron chi connectivity index (χ4n) is 2.46. The highest BCUT2D eigenvalue weighted by molar-refractivity contribution is 5.71. The van der Waals surface area contributed by atoms with E-state index in [9.17, 15) is 8.78 Å². The summed E-state index contributed by atoms with van der Waals surface area (Å²) in [5.74, 6) is 0.747. The second-order valence-corrected chi connectivity index (χ2v) is 5.57. The molecule has 0 amide bonds. The molecule has 1 heterocycles. The molecule has 0 spiro atoms. The molecule has 0 bridgehead atoms. The van der Waals surface area contributed by atoms with Gasteiger partial charge in [0.2, 0.25) is 0 Å². The Labute approximate surface area is 141 Å². The number of alkyl halides is 2. The number of benzene rings is 1. The zero-order chi connectivity index (χ0) is 17.5. The first-order valence-electron chi connectivity index (χ1n) is 7.88. The van der Waals surface area contributed by atoms with Gasteiger partial charge in [-0.25, -0.2) is 8.78 Å². The summed E-state index contributed by atoms with van der Waals surface area (Å²) >= 11 is 0. The molecule has 1 aromatic rings. The van der Waals surface area contributed by atoms with Crippen molar-refractivity contribution in [2.75, 3.05) is 26.9 Å². The Morgan fingerprint density at radius 1 is 1.12 bits per heavy atom. The second kappa shape index (κ2) is 8.64. The van der Waals surface area contributed by atoms with E-state index in [1.165, 1.54) is 0 Å². The number of halogens is 2. The lowest BCUT2D eigenvalue weighted by atomic mass is 10.0. The fourth-order valence-corrected chi connectivity index (χ4v) is 2.46. The smallest absolute Gasteiger partial charge is 0.256 e. The predicted molar refractivity (Wildman–Crippen MR) is 92.0 cm³/mol. The van der Waals surface area contributed by atoms with E-state index in [0.717, 1.165) is 29.0 Å². The Hall–Kier alpha value is -2.14. The third-order valence-corrected chi connectivity index (χ3v) is 3.80. The SMILES string of the molecule is C=C1C(C)=CC=C(c2ccc(OCCCOC)cc2)N1CC(F)F. The van der Waals surface area contributed by atoms with Crippen molar-refractivity contribution < 1.29 is 18.3 Å². The van der Waals surface area contributed by atoms with Crippen LogP contribution in [0.15, 0.2) is 54.3 Å². The van der Waals surface area contributed by atoms with Crippen molar-refractivity contribution in [1.82, 2.24) is 4.90 Å². The van der Waals surface area contributed by atoms with E-state index < -0.39 is 6.43 Å². The minimum atomic E-state index is -2.43. The van der Waals surface area contributed by atoms with Gasteiger partial charge in [0.15, 0.2) is 0 Å². The van der Waals surface area contributed by atoms with Gasteiger partial charge in [-0.1, -0.05) is 12.7 Å². The van der Waals surface area contributed by atoms with Crippen LogP contribution in [0.5, 0.6) is 5.75 Å². The van der Waals surface area contributed by atoms with E-state index in [1.54, 1.807) is 12.0 Å². The van der Waals surface area contributed by atoms with Gasteiger partial charge in [0.1, 0.15) is 5.75 Å². The molecule has 24 heavy (non-hydrogen) atoms. The molecule has 5 heteroatoms. The van der Waals surface area contributed by atoms with Crippen molar-refractivity contribution in [3.8, 4) is 5.75 Å². The molecule has 0 saturated carbocycles. The van der Waals surface area contributed by atoms with Gasteiger partial charge in [-0.05, 0) is 48.4 Å². The fraction of sp³-hybridized carbons (Fsp3) is 0.368. The highest BCUT2D eigenvalue weighted by Crippen LogP contribution is 2.31. The van der Waals surface area contributed by atoms with Gasteiger partial charge in [-0.15, -0.1) is 0 Å². The molecule has 0 aromatic heterocycles. The molecule has 0 saturated heterocycles. The normalized spacial score (nSPS) is 14.7. The van der Waals surface area contributed by atoms with Crippen molar-refractivity contribution in [2.45, 2.75) is 19.8 Å². The number of ether oxygens (including phenoxy) is 2. The zero-order valence-electron chi connectivity index (χ0n) is 14.1. The molecule has 0 N–H and O–H groups in total. The summed E-state index contributed by atoms with van der Waals surface area (Å²) in [6, 6.07) is 7.43. The molecule has 1 aliphatic heterocycles. The maximum absolute atomic E-state index is 12.9. The quantitative estimate of drug-likeness (QED) is 0.654. The van der Waals surface area contributed by atoms with Gasteiger partial charge >= 0.3 is 0 Å². The van der Waals surface area contributed by atoms with Crippen LogP contribution in [0.3, 0.4) is 0 Å². The van der Waals surface area contributed by atoms with Gasteiger partial charge in [-0.3, -0.25) is 0 Å². The number of nitrogens with zero attached hydrogens (tertiary/aromatic N) is 1. The molecule has 0 fully saturated rings. The second-order valence-electron chi connectivity index (χ2n) is 5.57. The third-order valence-electron chi connectivity index (χ3n) is 3.80. The first-order valence-corrected chi connectivity index (χ1v) is 7.88. The number of hydrogen-bond donors (Lipinski definition) is 0. The third kappa shape index (κ3) is 4.68. The van der Waals surface area contributed by atoms with Crippen LogP contribution in [0, 0.1) is 0 Å². The summed E-state index contributed by atoms with van der Waals surface area (Å²) < 4.78 is 36.4. The number of rotatable bonds is 8. The molecule has 2 rings (SSSR count). The number of hydrogen-bond acceptors (Lipinski definition) is 3. The largest absolute Gasteiger partial charge is 0.494 e. The molecule has 0 radical (unpaired) electrons. The molecule has 0 unspecified atom stereocenters. The average Bonchev–Trinajstić information content (AvgIpc) is 2.56. The van der Waals surface area contributed by atoms with Crippen molar-refractivity contribution in [3.63, 3.8) is 0 Å². The summed E-state index contributed by atoms with van der Waals surface area (Å²) in [5.41, 5.74) is 3.06. The van der Waals surface area contributed by atoms with Crippen molar-refractivity contribution >= 4 is 5.70 Å². The van der Waals surface area contributed by atoms with Gasteiger partial charge in [0.25, 0.3) is 6.43 Å². The van der Waals surface area contributed by atoms with Gasteiger partial charge in [-0.2, -0.15) is 0 Å². The van der Waals surface area contributed by atoms with Crippen molar-refractivity contribution in [1.29, 1.82) is 0 Å². The zero-order valence-corrected chi connectivity index (χ0v) is 14.1. The summed E-state index contributed by atoms with van der Waals surface area (Å²) in [6.45, 7) is 6.65. The highest BCUT2D eigenvalue weighted by atomic mass is 19.3. The van der Waals surface area contributed by atoms with Crippen LogP contribution in [-0.2, 0) is 4.74 Å². The number of methoxy groups -OCH3 is 1. The lowest BCUT2D eigenvalue weighted by molar-refractivity contribution is 0.123. The van der Waals surface area contributed by atoms with Gasteiger partial charge in [0, 0.05) is 31.5 Å². The molecule has 0 aliphatic carbocycles. The predicted octanol–water partition coefficient (Wildman–Crippen LogP) is 4.48. The standard InChI is InChI=1S/C19H23F2NO2/c1-14-5-10-18(22(15(14)2)13-19(20)21)16-6-8-17(9-7-16)24-12-4-11-23-3/h5-10,19H,2,4,11-13H2,1,3H3. The van der Waals surface area contributed by atoms with E-state index in [1.807, 2.05) is 43.3 Å². The van der Waals surface area contributed by atoms with Gasteiger partial charge in [0.05, 0.1) is 13.2 Å². The molecule has 1 aliphatic rings. The molecule has 1 aromatic carbocycles. The minimum absolute atomic E-state index is 0.370. The molecule has 130 valence electrons. The van der Waals surface area contributed by atoms with Crippen LogP contribution in [0.4, 0.5) is 8.78 Å². The Morgan fingerprint density at radius 3 is 2.46 bits per heavy atom. The lowest BCUT2D eigenvalue weighted by Gasteiger charge is -2.32. The van der Waals surface area contributed by atoms with E-state index >= 15 is 0 Å². The van der Waals surface area contributed by atoms with E-state index in [2.05, 4.69) is 6.58 Å². The topological polar surface area (TPSA) is 21.7 Å². The summed E-state index contributed by atoms with van der Waals surface area (Å²) in [5, 5.41) is 0. The average molecular weight is 335 g/mol. The maximum atomic E-state index is 12.9. The number of allylic oxidation sites excluding steroid dienone is 3. The highest BCUT2D eigenvalue weighted by Gasteiger charge is 2.22. The van der Waals surface area contributed by atoms with Crippen LogP contribution in [0.25, 0.3) is 5.70 Å². The summed E-state index contributed by atoms with van der Waals surface area (Å²) in [6.07, 6.45) is 2.13. The molecule has 0 atom stereocenters. The Bertz CT molecular complexity index is 621. The first kappa shape index (κ1) is 18.2. The molecule has 3 nitrogen and oxygen atoms in total. The van der Waals surface area contributed by atoms with E-state index in [4.69, 9.17) is 9.47 Å². The summed E-state index contributed by atoms with van der Waals surface area (Å²) in [4.78, 5) is 1.56. The first-order chi connectivity index (χ1) is 11.5. The maximum Gasteiger partial charge on any atom is 0.256 e. The van der Waals surface area contributed by atoms with Gasteiger partial charge < -0.3 is 14.4 Å². The van der Waals surface area contributed by atoms with E-state index in [0.29, 0.717) is 18.9 Å². The monoisotopic (exact) mass is 335 g/mol. The lowest BCUT2D eigenvalue weighted by Crippen LogP contribution is -2.28. The van der Waals surface area contributed by atoms with Crippen LogP contribution in [0.1, 0.15) is 18.9 Å². The van der Waals surface area contributed by atoms with Crippen molar-refractivity contribution in [3.05, 3.63) is 59.8 Å².